The van der Waals surface area contributed by atoms with E-state index in [9.17, 15) is 13.6 Å². The number of nitrogens with zero attached hydrogens (tertiary/aromatic N) is 1. The monoisotopic (exact) mass is 211 g/mol. The van der Waals surface area contributed by atoms with Crippen LogP contribution in [0.4, 0.5) is 8.78 Å². The van der Waals surface area contributed by atoms with Crippen molar-refractivity contribution in [2.45, 2.75) is 12.8 Å². The molecule has 5 heteroatoms. The van der Waals surface area contributed by atoms with E-state index < -0.39 is 17.6 Å². The van der Waals surface area contributed by atoms with Crippen LogP contribution in [0, 0.1) is 23.0 Å². The second-order valence-corrected chi connectivity index (χ2v) is 2.71. The van der Waals surface area contributed by atoms with E-state index in [2.05, 4.69) is 4.74 Å². The van der Waals surface area contributed by atoms with Gasteiger partial charge in [0.05, 0.1) is 12.5 Å². The van der Waals surface area contributed by atoms with Crippen LogP contribution in [-0.2, 0) is 4.79 Å². The number of rotatable bonds is 3. The van der Waals surface area contributed by atoms with E-state index in [-0.39, 0.29) is 18.6 Å². The molecule has 78 valence electrons. The Kier molecular flexibility index (Phi) is 3.75. The molecule has 15 heavy (non-hydrogen) atoms. The molecule has 0 bridgehead atoms. The number of halogens is 2. The summed E-state index contributed by atoms with van der Waals surface area (Å²) in [7, 11) is 0. The van der Waals surface area contributed by atoms with Crippen LogP contribution in [0.2, 0.25) is 0 Å². The van der Waals surface area contributed by atoms with Crippen LogP contribution in [0.15, 0.2) is 18.2 Å². The molecule has 0 aliphatic carbocycles. The third-order valence-electron chi connectivity index (χ3n) is 1.56. The maximum absolute atomic E-state index is 13.0. The van der Waals surface area contributed by atoms with E-state index in [0.717, 1.165) is 12.1 Å². The molecule has 0 atom stereocenters. The van der Waals surface area contributed by atoms with Crippen LogP contribution >= 0.6 is 0 Å². The lowest BCUT2D eigenvalue weighted by molar-refractivity contribution is -0.134. The maximum Gasteiger partial charge on any atom is 0.312 e. The van der Waals surface area contributed by atoms with E-state index in [1.54, 1.807) is 6.07 Å². The van der Waals surface area contributed by atoms with E-state index in [1.165, 1.54) is 0 Å². The molecule has 3 nitrogen and oxygen atoms in total. The van der Waals surface area contributed by atoms with Crippen molar-refractivity contribution >= 4 is 5.97 Å². The molecule has 0 aromatic heterocycles. The zero-order valence-electron chi connectivity index (χ0n) is 7.67. The Labute approximate surface area is 84.9 Å². The van der Waals surface area contributed by atoms with Gasteiger partial charge in [-0.25, -0.2) is 8.78 Å². The molecule has 0 unspecified atom stereocenters. The Morgan fingerprint density at radius 2 is 2.20 bits per heavy atom. The van der Waals surface area contributed by atoms with Crippen LogP contribution in [-0.4, -0.2) is 5.97 Å². The second-order valence-electron chi connectivity index (χ2n) is 2.71. The molecule has 1 rings (SSSR count). The van der Waals surface area contributed by atoms with E-state index in [1.807, 2.05) is 0 Å². The number of carbonyl (C=O) groups is 1. The number of nitriles is 1. The zero-order valence-corrected chi connectivity index (χ0v) is 7.67. The molecule has 0 fully saturated rings. The normalized spacial score (nSPS) is 9.40. The van der Waals surface area contributed by atoms with Crippen molar-refractivity contribution < 1.29 is 18.3 Å². The zero-order chi connectivity index (χ0) is 11.3. The standard InChI is InChI=1S/C10H7F2NO2/c11-7-3-4-9(8(12)6-7)15-10(14)2-1-5-13/h3-4,6H,1-2H2. The van der Waals surface area contributed by atoms with E-state index in [4.69, 9.17) is 5.26 Å². The molecule has 0 saturated carbocycles. The first-order chi connectivity index (χ1) is 7.13. The van der Waals surface area contributed by atoms with Crippen molar-refractivity contribution in [3.63, 3.8) is 0 Å². The predicted octanol–water partition coefficient (Wildman–Crippen LogP) is 2.17. The van der Waals surface area contributed by atoms with Crippen molar-refractivity contribution in [2.75, 3.05) is 0 Å². The van der Waals surface area contributed by atoms with Crippen molar-refractivity contribution in [3.8, 4) is 11.8 Å². The topological polar surface area (TPSA) is 50.1 Å². The Morgan fingerprint density at radius 3 is 2.80 bits per heavy atom. The SMILES string of the molecule is N#CCCC(=O)Oc1ccc(F)cc1F. The molecule has 1 aromatic rings. The van der Waals surface area contributed by atoms with Gasteiger partial charge in [0.15, 0.2) is 11.6 Å². The smallest absolute Gasteiger partial charge is 0.312 e. The number of esters is 1. The Hall–Kier alpha value is -1.96. The van der Waals surface area contributed by atoms with Gasteiger partial charge in [-0.2, -0.15) is 5.26 Å². The molecule has 0 spiro atoms. The minimum absolute atomic E-state index is 0.00163. The highest BCUT2D eigenvalue weighted by molar-refractivity contribution is 5.72. The minimum Gasteiger partial charge on any atom is -0.423 e. The number of hydrogen-bond acceptors (Lipinski definition) is 3. The van der Waals surface area contributed by atoms with Crippen LogP contribution in [0.1, 0.15) is 12.8 Å². The second kappa shape index (κ2) is 5.05. The molecule has 1 aromatic carbocycles. The van der Waals surface area contributed by atoms with Crippen LogP contribution in [0.3, 0.4) is 0 Å². The lowest BCUT2D eigenvalue weighted by Crippen LogP contribution is -2.08. The van der Waals surface area contributed by atoms with Crippen LogP contribution < -0.4 is 4.74 Å². The predicted molar refractivity (Wildman–Crippen MR) is 46.8 cm³/mol. The van der Waals surface area contributed by atoms with Crippen LogP contribution in [0.5, 0.6) is 5.75 Å². The summed E-state index contributed by atoms with van der Waals surface area (Å²) >= 11 is 0. The number of benzene rings is 1. The summed E-state index contributed by atoms with van der Waals surface area (Å²) in [6, 6.07) is 4.38. The number of carbonyl (C=O) groups excluding carboxylic acids is 1. The van der Waals surface area contributed by atoms with Gasteiger partial charge < -0.3 is 4.74 Å². The fourth-order valence-corrected chi connectivity index (χ4v) is 0.890. The fraction of sp³-hybridized carbons (Fsp3) is 0.200. The molecule has 0 aliphatic heterocycles. The highest BCUT2D eigenvalue weighted by atomic mass is 19.1. The van der Waals surface area contributed by atoms with Gasteiger partial charge in [-0.15, -0.1) is 0 Å². The third kappa shape index (κ3) is 3.35. The number of ether oxygens (including phenoxy) is 1. The van der Waals surface area contributed by atoms with E-state index >= 15 is 0 Å². The molecular weight excluding hydrogens is 204 g/mol. The fourth-order valence-electron chi connectivity index (χ4n) is 0.890. The Bertz CT molecular complexity index is 412. The maximum atomic E-state index is 13.0. The van der Waals surface area contributed by atoms with Crippen molar-refractivity contribution in [1.29, 1.82) is 5.26 Å². The summed E-state index contributed by atoms with van der Waals surface area (Å²) in [6.07, 6.45) is -0.116. The molecule has 0 radical (unpaired) electrons. The summed E-state index contributed by atoms with van der Waals surface area (Å²) in [4.78, 5) is 11.0. The van der Waals surface area contributed by atoms with Gasteiger partial charge in [0.1, 0.15) is 5.82 Å². The Balaban J connectivity index is 2.65. The first-order valence-electron chi connectivity index (χ1n) is 4.16. The van der Waals surface area contributed by atoms with Gasteiger partial charge in [0.25, 0.3) is 0 Å². The van der Waals surface area contributed by atoms with Gasteiger partial charge in [-0.05, 0) is 12.1 Å². The summed E-state index contributed by atoms with van der Waals surface area (Å²) in [5.41, 5.74) is 0. The summed E-state index contributed by atoms with van der Waals surface area (Å²) in [6.45, 7) is 0. The van der Waals surface area contributed by atoms with Gasteiger partial charge in [-0.1, -0.05) is 0 Å². The quantitative estimate of drug-likeness (QED) is 0.568. The molecule has 0 N–H and O–H groups in total. The molecular formula is C10H7F2NO2. The lowest BCUT2D eigenvalue weighted by Gasteiger charge is -2.03. The Morgan fingerprint density at radius 1 is 1.47 bits per heavy atom. The largest absolute Gasteiger partial charge is 0.423 e. The first kappa shape index (κ1) is 11.1. The van der Waals surface area contributed by atoms with E-state index in [0.29, 0.717) is 6.07 Å². The summed E-state index contributed by atoms with van der Waals surface area (Å²) in [5.74, 6) is -2.74. The van der Waals surface area contributed by atoms with Crippen molar-refractivity contribution in [1.82, 2.24) is 0 Å². The third-order valence-corrected chi connectivity index (χ3v) is 1.56. The molecule has 0 amide bonds. The summed E-state index contributed by atoms with van der Waals surface area (Å²) in [5, 5.41) is 8.19. The molecule has 0 aliphatic rings. The van der Waals surface area contributed by atoms with Crippen LogP contribution in [0.25, 0.3) is 0 Å². The average Bonchev–Trinajstić information content (AvgIpc) is 2.19. The molecule has 0 saturated heterocycles. The average molecular weight is 211 g/mol. The van der Waals surface area contributed by atoms with Gasteiger partial charge in [-0.3, -0.25) is 4.79 Å². The minimum atomic E-state index is -0.944. The highest BCUT2D eigenvalue weighted by Gasteiger charge is 2.09. The highest BCUT2D eigenvalue weighted by Crippen LogP contribution is 2.18. The van der Waals surface area contributed by atoms with Gasteiger partial charge >= 0.3 is 5.97 Å². The molecule has 0 heterocycles. The summed E-state index contributed by atoms with van der Waals surface area (Å²) < 4.78 is 30.0. The first-order valence-corrected chi connectivity index (χ1v) is 4.16. The van der Waals surface area contributed by atoms with Gasteiger partial charge in [0, 0.05) is 12.5 Å². The lowest BCUT2D eigenvalue weighted by atomic mass is 10.3. The number of hydrogen-bond donors (Lipinski definition) is 0. The van der Waals surface area contributed by atoms with Gasteiger partial charge in [0.2, 0.25) is 0 Å². The van der Waals surface area contributed by atoms with Crippen molar-refractivity contribution in [2.24, 2.45) is 0 Å². The van der Waals surface area contributed by atoms with Crippen molar-refractivity contribution in [3.05, 3.63) is 29.8 Å².